The standard InChI is InChI=1S/C21H39N3O2.ClH/c1-21(2,14-22)15-24(3)20(26)17-9-11-18(12-10-17)23-19(25)13-16-7-5-4-6-8-16;/h16-18H,4-15,22H2,1-3H3,(H,23,25);1H. The summed E-state index contributed by atoms with van der Waals surface area (Å²) in [6.45, 7) is 5.45. The predicted molar refractivity (Wildman–Crippen MR) is 113 cm³/mol. The molecule has 2 amide bonds. The number of nitrogens with one attached hydrogen (secondary N) is 1. The zero-order valence-electron chi connectivity index (χ0n) is 17.5. The Morgan fingerprint density at radius 2 is 1.63 bits per heavy atom. The Balaban J connectivity index is 0.00000364. The number of halogens is 1. The van der Waals surface area contributed by atoms with Gasteiger partial charge >= 0.3 is 0 Å². The average molecular weight is 402 g/mol. The van der Waals surface area contributed by atoms with Crippen LogP contribution in [0.25, 0.3) is 0 Å². The van der Waals surface area contributed by atoms with Crippen LogP contribution in [0.4, 0.5) is 0 Å². The fourth-order valence-electron chi connectivity index (χ4n) is 4.52. The van der Waals surface area contributed by atoms with Gasteiger partial charge in [0.2, 0.25) is 11.8 Å². The van der Waals surface area contributed by atoms with Crippen LogP contribution in [0.2, 0.25) is 0 Å². The zero-order valence-corrected chi connectivity index (χ0v) is 18.3. The molecule has 0 aliphatic heterocycles. The second kappa shape index (κ2) is 11.3. The van der Waals surface area contributed by atoms with E-state index in [1.165, 1.54) is 32.1 Å². The minimum absolute atomic E-state index is 0. The molecule has 3 N–H and O–H groups in total. The molecular weight excluding hydrogens is 362 g/mol. The van der Waals surface area contributed by atoms with Gasteiger partial charge in [-0.15, -0.1) is 12.4 Å². The summed E-state index contributed by atoms with van der Waals surface area (Å²) in [6, 6.07) is 0.251. The number of carbonyl (C=O) groups excluding carboxylic acids is 2. The number of carbonyl (C=O) groups is 2. The molecule has 27 heavy (non-hydrogen) atoms. The lowest BCUT2D eigenvalue weighted by Gasteiger charge is -2.34. The molecule has 2 fully saturated rings. The quantitative estimate of drug-likeness (QED) is 0.685. The van der Waals surface area contributed by atoms with Gasteiger partial charge in [-0.05, 0) is 56.4 Å². The highest BCUT2D eigenvalue weighted by atomic mass is 35.5. The van der Waals surface area contributed by atoms with Crippen molar-refractivity contribution in [2.45, 2.75) is 84.1 Å². The summed E-state index contributed by atoms with van der Waals surface area (Å²) < 4.78 is 0. The summed E-state index contributed by atoms with van der Waals surface area (Å²) in [7, 11) is 1.89. The average Bonchev–Trinajstić information content (AvgIpc) is 2.62. The van der Waals surface area contributed by atoms with Gasteiger partial charge in [-0.25, -0.2) is 0 Å². The van der Waals surface area contributed by atoms with Crippen LogP contribution >= 0.6 is 12.4 Å². The van der Waals surface area contributed by atoms with Crippen molar-refractivity contribution in [2.24, 2.45) is 23.0 Å². The molecule has 0 aromatic heterocycles. The molecule has 2 saturated carbocycles. The molecule has 0 spiro atoms. The molecule has 0 bridgehead atoms. The van der Waals surface area contributed by atoms with E-state index in [9.17, 15) is 9.59 Å². The van der Waals surface area contributed by atoms with Crippen LogP contribution < -0.4 is 11.1 Å². The van der Waals surface area contributed by atoms with Crippen LogP contribution in [0, 0.1) is 17.3 Å². The Morgan fingerprint density at radius 1 is 1.04 bits per heavy atom. The lowest BCUT2D eigenvalue weighted by molar-refractivity contribution is -0.136. The van der Waals surface area contributed by atoms with Crippen LogP contribution in [0.15, 0.2) is 0 Å². The summed E-state index contributed by atoms with van der Waals surface area (Å²) in [6.07, 6.45) is 10.6. The summed E-state index contributed by atoms with van der Waals surface area (Å²) in [5.41, 5.74) is 5.74. The molecule has 2 aliphatic rings. The second-order valence-electron chi connectivity index (χ2n) is 9.39. The van der Waals surface area contributed by atoms with Gasteiger partial charge in [-0.2, -0.15) is 0 Å². The fourth-order valence-corrected chi connectivity index (χ4v) is 4.52. The SMILES string of the molecule is CN(CC(C)(C)CN)C(=O)C1CCC(NC(=O)CC2CCCCC2)CC1.Cl. The van der Waals surface area contributed by atoms with E-state index in [0.717, 1.165) is 25.7 Å². The van der Waals surface area contributed by atoms with Crippen LogP contribution in [0.3, 0.4) is 0 Å². The Labute approximate surface area is 171 Å². The van der Waals surface area contributed by atoms with Crippen molar-refractivity contribution in [1.82, 2.24) is 10.2 Å². The van der Waals surface area contributed by atoms with Gasteiger partial charge < -0.3 is 16.0 Å². The van der Waals surface area contributed by atoms with E-state index in [0.29, 0.717) is 25.4 Å². The first-order valence-corrected chi connectivity index (χ1v) is 10.5. The van der Waals surface area contributed by atoms with Crippen molar-refractivity contribution in [3.8, 4) is 0 Å². The number of hydrogen-bond donors (Lipinski definition) is 2. The number of rotatable bonds is 7. The number of nitrogens with zero attached hydrogens (tertiary/aromatic N) is 1. The van der Waals surface area contributed by atoms with E-state index in [2.05, 4.69) is 19.2 Å². The Hall–Kier alpha value is -0.810. The van der Waals surface area contributed by atoms with E-state index < -0.39 is 0 Å². The first-order chi connectivity index (χ1) is 12.3. The van der Waals surface area contributed by atoms with Crippen molar-refractivity contribution in [3.63, 3.8) is 0 Å². The maximum absolute atomic E-state index is 12.7. The summed E-state index contributed by atoms with van der Waals surface area (Å²) in [5.74, 6) is 1.13. The van der Waals surface area contributed by atoms with Crippen LogP contribution in [-0.4, -0.2) is 42.9 Å². The van der Waals surface area contributed by atoms with E-state index >= 15 is 0 Å². The Bertz CT molecular complexity index is 470. The molecule has 0 saturated heterocycles. The van der Waals surface area contributed by atoms with Crippen molar-refractivity contribution in [1.29, 1.82) is 0 Å². The van der Waals surface area contributed by atoms with Gasteiger partial charge in [0.1, 0.15) is 0 Å². The summed E-state index contributed by atoms with van der Waals surface area (Å²) in [4.78, 5) is 26.8. The highest BCUT2D eigenvalue weighted by molar-refractivity contribution is 5.85. The summed E-state index contributed by atoms with van der Waals surface area (Å²) in [5, 5.41) is 3.22. The zero-order chi connectivity index (χ0) is 19.2. The minimum Gasteiger partial charge on any atom is -0.353 e. The molecule has 0 radical (unpaired) electrons. The molecule has 0 atom stereocenters. The normalized spacial score (nSPS) is 24.0. The Morgan fingerprint density at radius 3 is 2.19 bits per heavy atom. The summed E-state index contributed by atoms with van der Waals surface area (Å²) >= 11 is 0. The fraction of sp³-hybridized carbons (Fsp3) is 0.905. The van der Waals surface area contributed by atoms with Gasteiger partial charge in [0.05, 0.1) is 0 Å². The lowest BCUT2D eigenvalue weighted by Crippen LogP contribution is -2.44. The number of hydrogen-bond acceptors (Lipinski definition) is 3. The topological polar surface area (TPSA) is 75.4 Å². The van der Waals surface area contributed by atoms with Crippen LogP contribution in [0.1, 0.15) is 78.1 Å². The first-order valence-electron chi connectivity index (χ1n) is 10.5. The third-order valence-electron chi connectivity index (χ3n) is 6.23. The maximum Gasteiger partial charge on any atom is 0.225 e. The molecule has 0 unspecified atom stereocenters. The third kappa shape index (κ3) is 7.98. The molecule has 5 nitrogen and oxygen atoms in total. The molecule has 6 heteroatoms. The van der Waals surface area contributed by atoms with Crippen molar-refractivity contribution < 1.29 is 9.59 Å². The minimum atomic E-state index is -0.0469. The van der Waals surface area contributed by atoms with Crippen molar-refractivity contribution >= 4 is 24.2 Å². The predicted octanol–water partition coefficient (Wildman–Crippen LogP) is 3.50. The van der Waals surface area contributed by atoms with Crippen molar-refractivity contribution in [2.75, 3.05) is 20.1 Å². The van der Waals surface area contributed by atoms with Gasteiger partial charge in [0.25, 0.3) is 0 Å². The molecule has 0 aromatic rings. The van der Waals surface area contributed by atoms with Gasteiger partial charge in [-0.3, -0.25) is 9.59 Å². The van der Waals surface area contributed by atoms with E-state index in [4.69, 9.17) is 5.73 Å². The molecule has 158 valence electrons. The lowest BCUT2D eigenvalue weighted by atomic mass is 9.84. The first kappa shape index (κ1) is 24.2. The number of amides is 2. The van der Waals surface area contributed by atoms with E-state index in [-0.39, 0.29) is 41.6 Å². The number of nitrogens with two attached hydrogens (primary N) is 1. The Kier molecular flexibility index (Phi) is 10.1. The maximum atomic E-state index is 12.7. The molecule has 0 heterocycles. The second-order valence-corrected chi connectivity index (χ2v) is 9.39. The molecule has 0 aromatic carbocycles. The largest absolute Gasteiger partial charge is 0.353 e. The smallest absolute Gasteiger partial charge is 0.225 e. The van der Waals surface area contributed by atoms with Gasteiger partial charge in [-0.1, -0.05) is 33.1 Å². The van der Waals surface area contributed by atoms with Crippen LogP contribution in [-0.2, 0) is 9.59 Å². The molecule has 2 rings (SSSR count). The highest BCUT2D eigenvalue weighted by Crippen LogP contribution is 2.28. The van der Waals surface area contributed by atoms with Gasteiger partial charge in [0.15, 0.2) is 0 Å². The monoisotopic (exact) mass is 401 g/mol. The van der Waals surface area contributed by atoms with Crippen LogP contribution in [0.5, 0.6) is 0 Å². The third-order valence-corrected chi connectivity index (χ3v) is 6.23. The molecule has 2 aliphatic carbocycles. The highest BCUT2D eigenvalue weighted by Gasteiger charge is 2.31. The van der Waals surface area contributed by atoms with Crippen molar-refractivity contribution in [3.05, 3.63) is 0 Å². The van der Waals surface area contributed by atoms with E-state index in [1.54, 1.807) is 0 Å². The van der Waals surface area contributed by atoms with E-state index in [1.807, 2.05) is 11.9 Å². The van der Waals surface area contributed by atoms with Gasteiger partial charge in [0, 0.05) is 32.0 Å². The molecular formula is C21H40ClN3O2.